The van der Waals surface area contributed by atoms with Crippen molar-refractivity contribution in [1.82, 2.24) is 9.80 Å². The first-order valence-electron chi connectivity index (χ1n) is 16.2. The van der Waals surface area contributed by atoms with Gasteiger partial charge in [0.15, 0.2) is 0 Å². The van der Waals surface area contributed by atoms with Crippen molar-refractivity contribution in [3.05, 3.63) is 90.0 Å². The number of likely N-dealkylation sites (N-methyl/N-ethyl adjacent to an activating group) is 1. The highest BCUT2D eigenvalue weighted by Gasteiger charge is 2.31. The summed E-state index contributed by atoms with van der Waals surface area (Å²) in [6.07, 6.45) is 2.01. The maximum absolute atomic E-state index is 14.3. The summed E-state index contributed by atoms with van der Waals surface area (Å²) >= 11 is 0. The summed E-state index contributed by atoms with van der Waals surface area (Å²) in [5, 5.41) is 10.2. The van der Waals surface area contributed by atoms with Crippen LogP contribution in [0.2, 0.25) is 0 Å². The van der Waals surface area contributed by atoms with Gasteiger partial charge in [0, 0.05) is 38.3 Å². The van der Waals surface area contributed by atoms with Crippen LogP contribution >= 0.6 is 0 Å². The number of hydrogen-bond acceptors (Lipinski definition) is 7. The molecular formula is C36H47N3O7S. The maximum Gasteiger partial charge on any atom is 0.261 e. The summed E-state index contributed by atoms with van der Waals surface area (Å²) in [5.41, 5.74) is 1.32. The topological polar surface area (TPSA) is 125 Å². The second-order valence-electron chi connectivity index (χ2n) is 12.4. The summed E-state index contributed by atoms with van der Waals surface area (Å²) in [6.45, 7) is 6.43. The Bertz CT molecular complexity index is 1570. The third kappa shape index (κ3) is 10.0. The van der Waals surface area contributed by atoms with E-state index < -0.39 is 22.0 Å². The van der Waals surface area contributed by atoms with Crippen molar-refractivity contribution in [2.75, 3.05) is 38.1 Å². The van der Waals surface area contributed by atoms with Gasteiger partial charge in [-0.05, 0) is 69.0 Å². The third-order valence-electron chi connectivity index (χ3n) is 8.43. The molecule has 254 valence electrons. The zero-order valence-electron chi connectivity index (χ0n) is 27.7. The summed E-state index contributed by atoms with van der Waals surface area (Å²) in [7, 11) is -2.15. The molecule has 2 N–H and O–H groups in total. The molecule has 0 saturated heterocycles. The van der Waals surface area contributed by atoms with E-state index >= 15 is 0 Å². The monoisotopic (exact) mass is 665 g/mol. The van der Waals surface area contributed by atoms with Crippen LogP contribution in [0.4, 0.5) is 5.69 Å². The van der Waals surface area contributed by atoms with Crippen LogP contribution in [0.3, 0.4) is 0 Å². The Hall–Kier alpha value is -3.93. The number of anilines is 1. The van der Waals surface area contributed by atoms with E-state index in [0.717, 1.165) is 18.4 Å². The highest BCUT2D eigenvalue weighted by molar-refractivity contribution is 7.92. The predicted octanol–water partition coefficient (Wildman–Crippen LogP) is 4.98. The number of nitrogens with one attached hydrogen (secondary N) is 1. The molecule has 11 heteroatoms. The Balaban J connectivity index is 1.63. The first-order valence-corrected chi connectivity index (χ1v) is 17.7. The minimum Gasteiger partial charge on any atom is -0.490 e. The second-order valence-corrected chi connectivity index (χ2v) is 14.0. The van der Waals surface area contributed by atoms with Crippen LogP contribution in [0, 0.1) is 5.92 Å². The number of nitrogens with zero attached hydrogens (tertiary/aromatic N) is 2. The lowest BCUT2D eigenvalue weighted by molar-refractivity contribution is -0.131. The van der Waals surface area contributed by atoms with Crippen molar-refractivity contribution in [3.8, 4) is 5.75 Å². The fourth-order valence-corrected chi connectivity index (χ4v) is 6.61. The molecule has 0 aliphatic carbocycles. The lowest BCUT2D eigenvalue weighted by Crippen LogP contribution is -2.48. The number of aliphatic hydroxyl groups is 1. The highest BCUT2D eigenvalue weighted by Crippen LogP contribution is 2.29. The average molecular weight is 666 g/mol. The van der Waals surface area contributed by atoms with E-state index in [4.69, 9.17) is 9.47 Å². The zero-order valence-corrected chi connectivity index (χ0v) is 28.5. The Morgan fingerprint density at radius 1 is 1.04 bits per heavy atom. The molecule has 1 heterocycles. The van der Waals surface area contributed by atoms with Gasteiger partial charge < -0.3 is 24.4 Å². The SMILES string of the molecule is C[C@@H]1CN([C@H](C)CO)C(=O)c2cc(NS(=O)(=O)c3ccccc3)ccc2O[C@@H](C)CCCCO[C@@H]1CN(C)C(=O)Cc1ccccc1. The van der Waals surface area contributed by atoms with Gasteiger partial charge in [0.2, 0.25) is 5.91 Å². The first-order chi connectivity index (χ1) is 22.5. The molecule has 0 spiro atoms. The largest absolute Gasteiger partial charge is 0.490 e. The molecule has 0 fully saturated rings. The van der Waals surface area contributed by atoms with Crippen molar-refractivity contribution < 1.29 is 32.6 Å². The number of amides is 2. The Morgan fingerprint density at radius 2 is 1.72 bits per heavy atom. The number of fused-ring (bicyclic) bond motifs is 1. The summed E-state index contributed by atoms with van der Waals surface area (Å²) in [6, 6.07) is 21.7. The van der Waals surface area contributed by atoms with Crippen LogP contribution in [0.1, 0.15) is 56.0 Å². The number of carbonyl (C=O) groups is 2. The standard InChI is InChI=1S/C36H47N3O7S/c1-26-23-39(27(2)25-40)36(42)32-22-30(37-47(43,44)31-16-9-6-10-17-31)18-19-33(32)46-28(3)13-11-12-20-45-34(26)24-38(4)35(41)21-29-14-7-5-8-15-29/h5-10,14-19,22,26-28,34,37,40H,11-13,20-21,23-25H2,1-4H3/t26-,27-,28+,34-/m1/s1. The predicted molar refractivity (Wildman–Crippen MR) is 182 cm³/mol. The molecule has 4 atom stereocenters. The molecule has 1 aliphatic rings. The molecule has 47 heavy (non-hydrogen) atoms. The fraction of sp³-hybridized carbons (Fsp3) is 0.444. The van der Waals surface area contributed by atoms with Gasteiger partial charge in [0.1, 0.15) is 5.75 Å². The van der Waals surface area contributed by atoms with Crippen LogP contribution in [0.15, 0.2) is 83.8 Å². The Kier molecular flexibility index (Phi) is 12.8. The van der Waals surface area contributed by atoms with Gasteiger partial charge in [-0.2, -0.15) is 0 Å². The van der Waals surface area contributed by atoms with Crippen LogP contribution in [-0.2, 0) is 26.0 Å². The molecule has 0 bridgehead atoms. The van der Waals surface area contributed by atoms with Crippen LogP contribution in [0.25, 0.3) is 0 Å². The smallest absolute Gasteiger partial charge is 0.261 e. The van der Waals surface area contributed by atoms with Crippen LogP contribution in [-0.4, -0.2) is 86.7 Å². The van der Waals surface area contributed by atoms with Gasteiger partial charge >= 0.3 is 0 Å². The normalized spacial score (nSPS) is 20.3. The average Bonchev–Trinajstić information content (AvgIpc) is 3.06. The van der Waals surface area contributed by atoms with Crippen molar-refractivity contribution in [2.24, 2.45) is 5.92 Å². The molecule has 0 aromatic heterocycles. The number of aliphatic hydroxyl groups excluding tert-OH is 1. The molecule has 10 nitrogen and oxygen atoms in total. The summed E-state index contributed by atoms with van der Waals surface area (Å²) in [4.78, 5) is 30.8. The zero-order chi connectivity index (χ0) is 34.0. The molecule has 0 saturated carbocycles. The molecule has 0 radical (unpaired) electrons. The molecule has 1 aliphatic heterocycles. The quantitative estimate of drug-likeness (QED) is 0.330. The van der Waals surface area contributed by atoms with Gasteiger partial charge in [-0.25, -0.2) is 8.42 Å². The van der Waals surface area contributed by atoms with Gasteiger partial charge in [0.25, 0.3) is 15.9 Å². The van der Waals surface area contributed by atoms with Crippen molar-refractivity contribution in [3.63, 3.8) is 0 Å². The van der Waals surface area contributed by atoms with E-state index in [1.807, 2.05) is 44.2 Å². The minimum atomic E-state index is -3.91. The summed E-state index contributed by atoms with van der Waals surface area (Å²) in [5.74, 6) is -0.325. The van der Waals surface area contributed by atoms with E-state index in [9.17, 15) is 23.1 Å². The van der Waals surface area contributed by atoms with Crippen molar-refractivity contribution in [2.45, 2.75) is 69.6 Å². The van der Waals surface area contributed by atoms with E-state index in [1.165, 1.54) is 18.2 Å². The number of rotatable bonds is 9. The summed E-state index contributed by atoms with van der Waals surface area (Å²) < 4.78 is 41.4. The number of hydrogen-bond donors (Lipinski definition) is 2. The van der Waals surface area contributed by atoms with Crippen molar-refractivity contribution in [1.29, 1.82) is 0 Å². The molecule has 3 aromatic rings. The van der Waals surface area contributed by atoms with Gasteiger partial charge in [-0.15, -0.1) is 0 Å². The highest BCUT2D eigenvalue weighted by atomic mass is 32.2. The first kappa shape index (κ1) is 35.9. The van der Waals surface area contributed by atoms with E-state index in [2.05, 4.69) is 4.72 Å². The van der Waals surface area contributed by atoms with Gasteiger partial charge in [-0.1, -0.05) is 55.5 Å². The second kappa shape index (κ2) is 16.8. The van der Waals surface area contributed by atoms with E-state index in [1.54, 1.807) is 54.1 Å². The molecule has 0 unspecified atom stereocenters. The molecule has 4 rings (SSSR count). The third-order valence-corrected chi connectivity index (χ3v) is 9.83. The number of carbonyl (C=O) groups excluding carboxylic acids is 2. The molecule has 2 amide bonds. The fourth-order valence-electron chi connectivity index (χ4n) is 5.54. The van der Waals surface area contributed by atoms with E-state index in [-0.39, 0.29) is 59.8 Å². The minimum absolute atomic E-state index is 0.0338. The lowest BCUT2D eigenvalue weighted by Gasteiger charge is -2.36. The maximum atomic E-state index is 14.3. The van der Waals surface area contributed by atoms with Crippen LogP contribution in [0.5, 0.6) is 5.75 Å². The van der Waals surface area contributed by atoms with Gasteiger partial charge in [0.05, 0.1) is 41.7 Å². The molecular weight excluding hydrogens is 618 g/mol. The Labute approximate surface area is 278 Å². The lowest BCUT2D eigenvalue weighted by atomic mass is 10.0. The van der Waals surface area contributed by atoms with Crippen LogP contribution < -0.4 is 9.46 Å². The van der Waals surface area contributed by atoms with E-state index in [0.29, 0.717) is 25.3 Å². The Morgan fingerprint density at radius 3 is 2.40 bits per heavy atom. The van der Waals surface area contributed by atoms with Gasteiger partial charge in [-0.3, -0.25) is 14.3 Å². The molecule has 3 aromatic carbocycles. The van der Waals surface area contributed by atoms with Crippen molar-refractivity contribution >= 4 is 27.5 Å². The number of ether oxygens (including phenoxy) is 2. The number of sulfonamides is 1. The number of benzene rings is 3.